The first-order chi connectivity index (χ1) is 12.1. The van der Waals surface area contributed by atoms with Gasteiger partial charge in [0.25, 0.3) is 0 Å². The van der Waals surface area contributed by atoms with E-state index in [1.165, 1.54) is 16.0 Å². The standard InChI is InChI=1S/C19H30N4OS.HI/c1-4-20-19(21-10-9-18(24)23-11-5-6-12-23)22-14-16-8-7-15(2)13-17(16)25-3;/h7-8,13H,4-6,9-12,14H2,1-3H3,(H2,20,21,22);1H. The maximum atomic E-state index is 12.1. The molecular formula is C19H31IN4OS. The predicted octanol–water partition coefficient (Wildman–Crippen LogP) is 3.40. The van der Waals surface area contributed by atoms with E-state index >= 15 is 0 Å². The molecule has 1 aliphatic rings. The SMILES string of the molecule is CCNC(=NCc1ccc(C)cc1SC)NCCC(=O)N1CCCC1.I. The van der Waals surface area contributed by atoms with Gasteiger partial charge in [0.2, 0.25) is 5.91 Å². The largest absolute Gasteiger partial charge is 0.357 e. The van der Waals surface area contributed by atoms with E-state index in [2.05, 4.69) is 47.0 Å². The second kappa shape index (κ2) is 12.4. The molecule has 5 nitrogen and oxygen atoms in total. The van der Waals surface area contributed by atoms with Gasteiger partial charge in [0.15, 0.2) is 5.96 Å². The number of carbonyl (C=O) groups is 1. The van der Waals surface area contributed by atoms with Gasteiger partial charge >= 0.3 is 0 Å². The van der Waals surface area contributed by atoms with Crippen molar-refractivity contribution >= 4 is 47.6 Å². The zero-order valence-corrected chi connectivity index (χ0v) is 19.2. The third-order valence-corrected chi connectivity index (χ3v) is 5.10. The van der Waals surface area contributed by atoms with Crippen molar-refractivity contribution in [1.29, 1.82) is 0 Å². The molecule has 0 aliphatic carbocycles. The molecule has 0 spiro atoms. The van der Waals surface area contributed by atoms with Crippen LogP contribution in [0.4, 0.5) is 0 Å². The maximum Gasteiger partial charge on any atom is 0.224 e. The Hall–Kier alpha value is -0.960. The fraction of sp³-hybridized carbons (Fsp3) is 0.579. The molecule has 146 valence electrons. The van der Waals surface area contributed by atoms with Crippen molar-refractivity contribution in [2.45, 2.75) is 44.6 Å². The lowest BCUT2D eigenvalue weighted by molar-refractivity contribution is -0.129. The number of guanidine groups is 1. The highest BCUT2D eigenvalue weighted by Crippen LogP contribution is 2.22. The van der Waals surface area contributed by atoms with Crippen LogP contribution in [0.1, 0.15) is 37.3 Å². The van der Waals surface area contributed by atoms with Crippen molar-refractivity contribution in [3.63, 3.8) is 0 Å². The van der Waals surface area contributed by atoms with E-state index in [1.807, 2.05) is 11.8 Å². The van der Waals surface area contributed by atoms with Crippen molar-refractivity contribution in [2.24, 2.45) is 4.99 Å². The van der Waals surface area contributed by atoms with Gasteiger partial charge in [0.1, 0.15) is 0 Å². The molecule has 1 aromatic carbocycles. The molecule has 1 saturated heterocycles. The van der Waals surface area contributed by atoms with Gasteiger partial charge in [0.05, 0.1) is 6.54 Å². The quantitative estimate of drug-likeness (QED) is 0.266. The van der Waals surface area contributed by atoms with Crippen LogP contribution in [0.2, 0.25) is 0 Å². The summed E-state index contributed by atoms with van der Waals surface area (Å²) in [6, 6.07) is 6.47. The van der Waals surface area contributed by atoms with E-state index in [0.29, 0.717) is 19.5 Å². The summed E-state index contributed by atoms with van der Waals surface area (Å²) in [4.78, 5) is 20.0. The average molecular weight is 490 g/mol. The molecule has 2 N–H and O–H groups in total. The first-order valence-corrected chi connectivity index (χ1v) is 10.3. The van der Waals surface area contributed by atoms with Crippen LogP contribution < -0.4 is 10.6 Å². The van der Waals surface area contributed by atoms with E-state index in [4.69, 9.17) is 0 Å². The second-order valence-electron chi connectivity index (χ2n) is 6.28. The highest BCUT2D eigenvalue weighted by atomic mass is 127. The van der Waals surface area contributed by atoms with Gasteiger partial charge < -0.3 is 15.5 Å². The smallest absolute Gasteiger partial charge is 0.224 e. The minimum Gasteiger partial charge on any atom is -0.357 e. The lowest BCUT2D eigenvalue weighted by Crippen LogP contribution is -2.39. The number of nitrogens with one attached hydrogen (secondary N) is 2. The van der Waals surface area contributed by atoms with E-state index in [-0.39, 0.29) is 29.9 Å². The molecule has 0 bridgehead atoms. The Morgan fingerprint density at radius 2 is 2.00 bits per heavy atom. The summed E-state index contributed by atoms with van der Waals surface area (Å²) >= 11 is 1.75. The highest BCUT2D eigenvalue weighted by molar-refractivity contribution is 14.0. The van der Waals surface area contributed by atoms with Crippen molar-refractivity contribution in [3.05, 3.63) is 29.3 Å². The molecule has 0 unspecified atom stereocenters. The summed E-state index contributed by atoms with van der Waals surface area (Å²) in [5.74, 6) is 1.01. The molecule has 1 fully saturated rings. The predicted molar refractivity (Wildman–Crippen MR) is 122 cm³/mol. The molecule has 1 aromatic rings. The van der Waals surface area contributed by atoms with Gasteiger partial charge in [-0.15, -0.1) is 35.7 Å². The van der Waals surface area contributed by atoms with Gasteiger partial charge in [0, 0.05) is 37.5 Å². The third-order valence-electron chi connectivity index (χ3n) is 4.28. The van der Waals surface area contributed by atoms with Crippen LogP contribution in [-0.4, -0.2) is 49.2 Å². The Kier molecular flexibility index (Phi) is 11.0. The highest BCUT2D eigenvalue weighted by Gasteiger charge is 2.17. The van der Waals surface area contributed by atoms with Gasteiger partial charge in [-0.2, -0.15) is 0 Å². The molecule has 0 saturated carbocycles. The summed E-state index contributed by atoms with van der Waals surface area (Å²) in [5, 5.41) is 6.53. The summed E-state index contributed by atoms with van der Waals surface area (Å²) in [6.07, 6.45) is 4.88. The lowest BCUT2D eigenvalue weighted by atomic mass is 10.1. The van der Waals surface area contributed by atoms with Crippen LogP contribution in [0.5, 0.6) is 0 Å². The van der Waals surface area contributed by atoms with Crippen LogP contribution >= 0.6 is 35.7 Å². The first kappa shape index (κ1) is 23.1. The molecule has 1 aliphatic heterocycles. The Morgan fingerprint density at radius 3 is 2.65 bits per heavy atom. The zero-order chi connectivity index (χ0) is 18.1. The monoisotopic (exact) mass is 490 g/mol. The van der Waals surface area contributed by atoms with Crippen LogP contribution in [0.15, 0.2) is 28.1 Å². The molecular weight excluding hydrogens is 459 g/mol. The summed E-state index contributed by atoms with van der Waals surface area (Å²) in [7, 11) is 0. The van der Waals surface area contributed by atoms with E-state index in [9.17, 15) is 4.79 Å². The third kappa shape index (κ3) is 7.34. The first-order valence-electron chi connectivity index (χ1n) is 9.07. The zero-order valence-electron chi connectivity index (χ0n) is 16.0. The number of nitrogens with zero attached hydrogens (tertiary/aromatic N) is 2. The minimum absolute atomic E-state index is 0. The van der Waals surface area contributed by atoms with E-state index in [0.717, 1.165) is 38.4 Å². The summed E-state index contributed by atoms with van der Waals surface area (Å²) < 4.78 is 0. The number of amides is 1. The van der Waals surface area contributed by atoms with E-state index < -0.39 is 0 Å². The number of carbonyl (C=O) groups excluding carboxylic acids is 1. The van der Waals surface area contributed by atoms with Crippen LogP contribution in [0.25, 0.3) is 0 Å². The molecule has 0 aromatic heterocycles. The number of hydrogen-bond donors (Lipinski definition) is 2. The number of hydrogen-bond acceptors (Lipinski definition) is 3. The normalized spacial score (nSPS) is 14.1. The van der Waals surface area contributed by atoms with Gasteiger partial charge in [-0.1, -0.05) is 12.1 Å². The Balaban J connectivity index is 0.00000338. The molecule has 0 radical (unpaired) electrons. The van der Waals surface area contributed by atoms with E-state index in [1.54, 1.807) is 11.8 Å². The minimum atomic E-state index is 0. The Morgan fingerprint density at radius 1 is 1.27 bits per heavy atom. The number of benzene rings is 1. The fourth-order valence-electron chi connectivity index (χ4n) is 2.90. The van der Waals surface area contributed by atoms with Crippen molar-refractivity contribution in [3.8, 4) is 0 Å². The summed E-state index contributed by atoms with van der Waals surface area (Å²) in [6.45, 7) is 8.03. The summed E-state index contributed by atoms with van der Waals surface area (Å²) in [5.41, 5.74) is 2.49. The van der Waals surface area contributed by atoms with Crippen LogP contribution in [-0.2, 0) is 11.3 Å². The number of halogens is 1. The Bertz CT molecular complexity index is 603. The molecule has 0 atom stereocenters. The number of rotatable bonds is 7. The fourth-order valence-corrected chi connectivity index (χ4v) is 3.60. The van der Waals surface area contributed by atoms with Gasteiger partial charge in [-0.05, 0) is 50.1 Å². The van der Waals surface area contributed by atoms with Crippen LogP contribution in [0.3, 0.4) is 0 Å². The van der Waals surface area contributed by atoms with Crippen molar-refractivity contribution in [1.82, 2.24) is 15.5 Å². The topological polar surface area (TPSA) is 56.7 Å². The van der Waals surface area contributed by atoms with Crippen molar-refractivity contribution < 1.29 is 4.79 Å². The molecule has 1 amide bonds. The van der Waals surface area contributed by atoms with Crippen molar-refractivity contribution in [2.75, 3.05) is 32.4 Å². The molecule has 7 heteroatoms. The number of thioether (sulfide) groups is 1. The lowest BCUT2D eigenvalue weighted by Gasteiger charge is -2.16. The Labute approximate surface area is 178 Å². The number of aliphatic imine (C=N–C) groups is 1. The number of likely N-dealkylation sites (tertiary alicyclic amines) is 1. The van der Waals surface area contributed by atoms with Crippen LogP contribution in [0, 0.1) is 6.92 Å². The molecule has 2 rings (SSSR count). The average Bonchev–Trinajstić information content (AvgIpc) is 3.15. The number of aryl methyl sites for hydroxylation is 1. The van der Waals surface area contributed by atoms with Gasteiger partial charge in [-0.3, -0.25) is 4.79 Å². The molecule has 26 heavy (non-hydrogen) atoms. The maximum absolute atomic E-state index is 12.1. The second-order valence-corrected chi connectivity index (χ2v) is 7.12. The molecule has 1 heterocycles. The van der Waals surface area contributed by atoms with Gasteiger partial charge in [-0.25, -0.2) is 4.99 Å².